The van der Waals surface area contributed by atoms with Crippen LogP contribution in [0.15, 0.2) is 35.6 Å². The van der Waals surface area contributed by atoms with Gasteiger partial charge in [-0.25, -0.2) is 18.2 Å². The molecule has 0 bridgehead atoms. The van der Waals surface area contributed by atoms with E-state index in [-0.39, 0.29) is 29.0 Å². The second-order valence-electron chi connectivity index (χ2n) is 9.11. The Balaban J connectivity index is 1.90. The number of hydrogen-bond donors (Lipinski definition) is 1. The van der Waals surface area contributed by atoms with Crippen molar-refractivity contribution in [2.45, 2.75) is 77.0 Å². The molecule has 0 radical (unpaired) electrons. The SMILES string of the molecule is Cc1ccccc1CS(=O)(=O)c1ncc(CN(CC2CC2)C(=O)NC(C)C)n1C(C)C. The molecule has 1 heterocycles. The second-order valence-corrected chi connectivity index (χ2v) is 11.0. The summed E-state index contributed by atoms with van der Waals surface area (Å²) in [5.41, 5.74) is 2.45. The van der Waals surface area contributed by atoms with Crippen LogP contribution in [0, 0.1) is 12.8 Å². The number of carbonyl (C=O) groups excluding carboxylic acids is 1. The van der Waals surface area contributed by atoms with Gasteiger partial charge in [0, 0.05) is 18.6 Å². The zero-order valence-corrected chi connectivity index (χ0v) is 19.9. The third-order valence-electron chi connectivity index (χ3n) is 5.47. The first kappa shape index (κ1) is 23.3. The molecule has 1 saturated carbocycles. The summed E-state index contributed by atoms with van der Waals surface area (Å²) < 4.78 is 28.3. The van der Waals surface area contributed by atoms with Crippen molar-refractivity contribution in [3.8, 4) is 0 Å². The highest BCUT2D eigenvalue weighted by Gasteiger charge is 2.30. The summed E-state index contributed by atoms with van der Waals surface area (Å²) in [6, 6.07) is 7.31. The van der Waals surface area contributed by atoms with Crippen LogP contribution in [0.1, 0.15) is 63.4 Å². The monoisotopic (exact) mass is 446 g/mol. The molecule has 1 N–H and O–H groups in total. The van der Waals surface area contributed by atoms with Crippen molar-refractivity contribution in [3.63, 3.8) is 0 Å². The standard InChI is InChI=1S/C23H34N4O3S/c1-16(2)25-22(28)26(13-19-10-11-19)14-21-12-24-23(27(21)17(3)4)31(29,30)15-20-9-7-6-8-18(20)5/h6-9,12,16-17,19H,10-11,13-15H2,1-5H3,(H,25,28). The van der Waals surface area contributed by atoms with E-state index in [0.717, 1.165) is 29.7 Å². The topological polar surface area (TPSA) is 84.3 Å². The van der Waals surface area contributed by atoms with E-state index in [1.54, 1.807) is 15.7 Å². The lowest BCUT2D eigenvalue weighted by molar-refractivity contribution is 0.188. The van der Waals surface area contributed by atoms with Crippen LogP contribution in [-0.2, 0) is 22.1 Å². The summed E-state index contributed by atoms with van der Waals surface area (Å²) in [6.07, 6.45) is 3.86. The number of urea groups is 1. The van der Waals surface area contributed by atoms with Gasteiger partial charge in [-0.2, -0.15) is 0 Å². The first-order chi connectivity index (χ1) is 14.6. The molecule has 2 amide bonds. The molecular weight excluding hydrogens is 412 g/mol. The Kier molecular flexibility index (Phi) is 7.09. The second kappa shape index (κ2) is 9.42. The molecule has 1 aliphatic rings. The number of rotatable bonds is 9. The number of amides is 2. The van der Waals surface area contributed by atoms with Gasteiger partial charge in [-0.15, -0.1) is 0 Å². The highest BCUT2D eigenvalue weighted by Crippen LogP contribution is 2.31. The van der Waals surface area contributed by atoms with E-state index in [1.165, 1.54) is 0 Å². The zero-order valence-electron chi connectivity index (χ0n) is 19.1. The minimum absolute atomic E-state index is 0.0364. The van der Waals surface area contributed by atoms with Crippen molar-refractivity contribution in [2.75, 3.05) is 6.54 Å². The van der Waals surface area contributed by atoms with Gasteiger partial charge in [0.1, 0.15) is 0 Å². The summed E-state index contributed by atoms with van der Waals surface area (Å²) in [5.74, 6) is 0.431. The first-order valence-corrected chi connectivity index (χ1v) is 12.6. The lowest BCUT2D eigenvalue weighted by Crippen LogP contribution is -2.43. The normalized spacial score (nSPS) is 14.3. The predicted octanol–water partition coefficient (Wildman–Crippen LogP) is 4.08. The summed E-state index contributed by atoms with van der Waals surface area (Å²) in [5, 5.41) is 3.03. The number of imidazole rings is 1. The Morgan fingerprint density at radius 3 is 2.48 bits per heavy atom. The van der Waals surface area contributed by atoms with Crippen molar-refractivity contribution < 1.29 is 13.2 Å². The molecular formula is C23H34N4O3S. The molecule has 7 nitrogen and oxygen atoms in total. The van der Waals surface area contributed by atoms with Crippen LogP contribution in [-0.4, -0.2) is 41.5 Å². The number of aromatic nitrogens is 2. The van der Waals surface area contributed by atoms with Crippen molar-refractivity contribution in [1.29, 1.82) is 0 Å². The van der Waals surface area contributed by atoms with Crippen molar-refractivity contribution in [1.82, 2.24) is 19.8 Å². The molecule has 1 aromatic heterocycles. The number of sulfone groups is 1. The Hall–Kier alpha value is -2.35. The number of nitrogens with one attached hydrogen (secondary N) is 1. The van der Waals surface area contributed by atoms with Crippen LogP contribution in [0.25, 0.3) is 0 Å². The molecule has 8 heteroatoms. The van der Waals surface area contributed by atoms with Crippen LogP contribution in [0.2, 0.25) is 0 Å². The van der Waals surface area contributed by atoms with Gasteiger partial charge in [-0.1, -0.05) is 24.3 Å². The van der Waals surface area contributed by atoms with Crippen LogP contribution in [0.4, 0.5) is 4.79 Å². The van der Waals surface area contributed by atoms with E-state index in [4.69, 9.17) is 0 Å². The maximum absolute atomic E-state index is 13.3. The lowest BCUT2D eigenvalue weighted by Gasteiger charge is -2.26. The molecule has 0 unspecified atom stereocenters. The molecule has 2 aromatic rings. The molecule has 1 fully saturated rings. The van der Waals surface area contributed by atoms with E-state index >= 15 is 0 Å². The van der Waals surface area contributed by atoms with Crippen LogP contribution in [0.3, 0.4) is 0 Å². The van der Waals surface area contributed by atoms with E-state index in [0.29, 0.717) is 19.0 Å². The van der Waals surface area contributed by atoms with Gasteiger partial charge < -0.3 is 14.8 Å². The van der Waals surface area contributed by atoms with Gasteiger partial charge in [0.25, 0.3) is 0 Å². The maximum Gasteiger partial charge on any atom is 0.317 e. The third-order valence-corrected chi connectivity index (χ3v) is 7.02. The average Bonchev–Trinajstić information content (AvgIpc) is 3.38. The van der Waals surface area contributed by atoms with Gasteiger partial charge in [0.05, 0.1) is 24.2 Å². The Morgan fingerprint density at radius 1 is 1.23 bits per heavy atom. The van der Waals surface area contributed by atoms with Crippen LogP contribution >= 0.6 is 0 Å². The average molecular weight is 447 g/mol. The van der Waals surface area contributed by atoms with Crippen molar-refractivity contribution in [2.24, 2.45) is 5.92 Å². The van der Waals surface area contributed by atoms with Crippen molar-refractivity contribution >= 4 is 15.9 Å². The highest BCUT2D eigenvalue weighted by atomic mass is 32.2. The van der Waals surface area contributed by atoms with Crippen LogP contribution in [0.5, 0.6) is 0 Å². The molecule has 0 atom stereocenters. The largest absolute Gasteiger partial charge is 0.336 e. The quantitative estimate of drug-likeness (QED) is 0.629. The Bertz CT molecular complexity index is 1020. The zero-order chi connectivity index (χ0) is 22.8. The molecule has 1 aliphatic carbocycles. The fraction of sp³-hybridized carbons (Fsp3) is 0.565. The van der Waals surface area contributed by atoms with E-state index in [1.807, 2.05) is 58.9 Å². The molecule has 1 aromatic carbocycles. The molecule has 0 spiro atoms. The Morgan fingerprint density at radius 2 is 1.90 bits per heavy atom. The van der Waals surface area contributed by atoms with Gasteiger partial charge in [0.15, 0.2) is 0 Å². The Labute approximate surface area is 185 Å². The number of carbonyl (C=O) groups is 1. The van der Waals surface area contributed by atoms with Gasteiger partial charge in [-0.05, 0) is 64.5 Å². The number of nitrogens with zero attached hydrogens (tertiary/aromatic N) is 3. The summed E-state index contributed by atoms with van der Waals surface area (Å²) in [6.45, 7) is 10.7. The fourth-order valence-electron chi connectivity index (χ4n) is 3.68. The highest BCUT2D eigenvalue weighted by molar-refractivity contribution is 7.90. The van der Waals surface area contributed by atoms with E-state index in [9.17, 15) is 13.2 Å². The third kappa shape index (κ3) is 5.87. The molecule has 3 rings (SSSR count). The molecule has 31 heavy (non-hydrogen) atoms. The van der Waals surface area contributed by atoms with Crippen molar-refractivity contribution in [3.05, 3.63) is 47.3 Å². The summed E-state index contributed by atoms with van der Waals surface area (Å²) >= 11 is 0. The fourth-order valence-corrected chi connectivity index (χ4v) is 5.39. The summed E-state index contributed by atoms with van der Waals surface area (Å²) in [7, 11) is -3.64. The maximum atomic E-state index is 13.3. The first-order valence-electron chi connectivity index (χ1n) is 11.0. The lowest BCUT2D eigenvalue weighted by atomic mass is 10.1. The number of hydrogen-bond acceptors (Lipinski definition) is 4. The van der Waals surface area contributed by atoms with Gasteiger partial charge in [-0.3, -0.25) is 0 Å². The molecule has 170 valence electrons. The molecule has 0 saturated heterocycles. The number of benzene rings is 1. The predicted molar refractivity (Wildman–Crippen MR) is 121 cm³/mol. The minimum atomic E-state index is -3.64. The summed E-state index contributed by atoms with van der Waals surface area (Å²) in [4.78, 5) is 18.9. The van der Waals surface area contributed by atoms with E-state index < -0.39 is 9.84 Å². The van der Waals surface area contributed by atoms with Gasteiger partial charge in [0.2, 0.25) is 15.0 Å². The number of aryl methyl sites for hydroxylation is 1. The van der Waals surface area contributed by atoms with Gasteiger partial charge >= 0.3 is 6.03 Å². The molecule has 0 aliphatic heterocycles. The smallest absolute Gasteiger partial charge is 0.317 e. The van der Waals surface area contributed by atoms with Crippen LogP contribution < -0.4 is 5.32 Å². The minimum Gasteiger partial charge on any atom is -0.336 e. The van der Waals surface area contributed by atoms with E-state index in [2.05, 4.69) is 10.3 Å².